The quantitative estimate of drug-likeness (QED) is 0.335. The molecule has 1 heterocycles. The van der Waals surface area contributed by atoms with E-state index in [1.54, 1.807) is 0 Å². The summed E-state index contributed by atoms with van der Waals surface area (Å²) in [6.45, 7) is 3.73. The lowest BCUT2D eigenvalue weighted by Gasteiger charge is -2.37. The fraction of sp³-hybridized carbons (Fsp3) is 0.286. The Bertz CT molecular complexity index is 1060. The summed E-state index contributed by atoms with van der Waals surface area (Å²) in [6, 6.07) is 25.0. The van der Waals surface area contributed by atoms with Gasteiger partial charge in [0.05, 0.1) is 12.6 Å². The Hall–Kier alpha value is -3.40. The van der Waals surface area contributed by atoms with Crippen molar-refractivity contribution in [1.29, 1.82) is 0 Å². The summed E-state index contributed by atoms with van der Waals surface area (Å²) in [5.74, 6) is 3.57. The van der Waals surface area contributed by atoms with E-state index < -0.39 is 0 Å². The van der Waals surface area contributed by atoms with Gasteiger partial charge in [-0.25, -0.2) is 0 Å². The second-order valence-corrected chi connectivity index (χ2v) is 8.24. The van der Waals surface area contributed by atoms with Gasteiger partial charge >= 0.3 is 0 Å². The van der Waals surface area contributed by atoms with Gasteiger partial charge in [-0.1, -0.05) is 42.5 Å². The minimum Gasteiger partial charge on any atom is -0.494 e. The van der Waals surface area contributed by atoms with Gasteiger partial charge in [-0.2, -0.15) is 0 Å². The predicted octanol–water partition coefficient (Wildman–Crippen LogP) is 6.37. The van der Waals surface area contributed by atoms with Crippen molar-refractivity contribution in [2.45, 2.75) is 25.3 Å². The molecule has 0 radical (unpaired) electrons. The van der Waals surface area contributed by atoms with Gasteiger partial charge in [-0.3, -0.25) is 0 Å². The van der Waals surface area contributed by atoms with Crippen LogP contribution in [0.1, 0.15) is 36.4 Å². The lowest BCUT2D eigenvalue weighted by molar-refractivity contribution is 0.217. The molecule has 3 aromatic carbocycles. The molecule has 164 valence electrons. The lowest BCUT2D eigenvalue weighted by atomic mass is 9.77. The second kappa shape index (κ2) is 9.39. The molecule has 3 unspecified atom stereocenters. The average molecular weight is 428 g/mol. The molecule has 0 spiro atoms. The van der Waals surface area contributed by atoms with Gasteiger partial charge in [0.25, 0.3) is 0 Å². The first-order valence-corrected chi connectivity index (χ1v) is 11.4. The van der Waals surface area contributed by atoms with Crippen LogP contribution in [0.2, 0.25) is 0 Å². The van der Waals surface area contributed by atoms with E-state index in [4.69, 9.17) is 14.2 Å². The number of anilines is 1. The zero-order valence-electron chi connectivity index (χ0n) is 18.4. The highest BCUT2D eigenvalue weighted by molar-refractivity contribution is 5.61. The number of hydrogen-bond donors (Lipinski definition) is 1. The van der Waals surface area contributed by atoms with E-state index in [1.165, 1.54) is 16.8 Å². The Balaban J connectivity index is 1.27. The first-order chi connectivity index (χ1) is 15.8. The van der Waals surface area contributed by atoms with Crippen molar-refractivity contribution >= 4 is 5.69 Å². The molecular formula is C28H29NO3. The van der Waals surface area contributed by atoms with Crippen LogP contribution >= 0.6 is 0 Å². The molecule has 0 saturated carbocycles. The zero-order chi connectivity index (χ0) is 21.8. The Morgan fingerprint density at radius 1 is 0.812 bits per heavy atom. The van der Waals surface area contributed by atoms with Crippen LogP contribution in [-0.4, -0.2) is 19.8 Å². The van der Waals surface area contributed by atoms with Gasteiger partial charge in [0, 0.05) is 11.6 Å². The van der Waals surface area contributed by atoms with Gasteiger partial charge in [0.1, 0.15) is 30.5 Å². The number of para-hydroxylation sites is 1. The van der Waals surface area contributed by atoms with Crippen LogP contribution in [0.3, 0.4) is 0 Å². The van der Waals surface area contributed by atoms with E-state index in [9.17, 15) is 0 Å². The molecule has 4 nitrogen and oxygen atoms in total. The van der Waals surface area contributed by atoms with Gasteiger partial charge in [-0.15, -0.1) is 0 Å². The fourth-order valence-corrected chi connectivity index (χ4v) is 4.77. The van der Waals surface area contributed by atoms with Crippen molar-refractivity contribution in [3.05, 3.63) is 96.1 Å². The Labute approximate surface area is 189 Å². The van der Waals surface area contributed by atoms with Crippen molar-refractivity contribution in [3.63, 3.8) is 0 Å². The summed E-state index contributed by atoms with van der Waals surface area (Å²) in [4.78, 5) is 0. The predicted molar refractivity (Wildman–Crippen MR) is 128 cm³/mol. The van der Waals surface area contributed by atoms with Crippen LogP contribution < -0.4 is 19.5 Å². The Morgan fingerprint density at radius 3 is 2.31 bits per heavy atom. The lowest BCUT2D eigenvalue weighted by Crippen LogP contribution is -2.29. The molecule has 0 aromatic heterocycles. The zero-order valence-corrected chi connectivity index (χ0v) is 18.4. The number of nitrogens with one attached hydrogen (secondary N) is 1. The molecule has 0 saturated heterocycles. The first-order valence-electron chi connectivity index (χ1n) is 11.4. The molecule has 0 fully saturated rings. The Kier molecular flexibility index (Phi) is 6.02. The summed E-state index contributed by atoms with van der Waals surface area (Å²) in [5.41, 5.74) is 3.80. The minimum atomic E-state index is 0.282. The van der Waals surface area contributed by atoms with Gasteiger partial charge in [-0.05, 0) is 72.9 Å². The van der Waals surface area contributed by atoms with Crippen LogP contribution in [0.25, 0.3) is 0 Å². The molecule has 0 amide bonds. The van der Waals surface area contributed by atoms with Gasteiger partial charge in [0.2, 0.25) is 0 Å². The highest BCUT2D eigenvalue weighted by Gasteiger charge is 2.38. The van der Waals surface area contributed by atoms with E-state index in [0.29, 0.717) is 31.7 Å². The number of fused-ring (bicyclic) bond motifs is 3. The highest BCUT2D eigenvalue weighted by atomic mass is 16.5. The van der Waals surface area contributed by atoms with Gasteiger partial charge in [0.15, 0.2) is 0 Å². The molecule has 4 heteroatoms. The standard InChI is InChI=1S/C28H29NO3/c1-2-30-22-13-11-20(12-14-22)28-25-10-6-9-24(25)26-19-23(15-16-27(26)29-28)32-18-17-31-21-7-4-3-5-8-21/h3-9,11-16,19,24-25,28-29H,2,10,17-18H2,1H3. The highest BCUT2D eigenvalue weighted by Crippen LogP contribution is 2.50. The van der Waals surface area contributed by atoms with Crippen molar-refractivity contribution in [1.82, 2.24) is 0 Å². The second-order valence-electron chi connectivity index (χ2n) is 8.24. The molecule has 1 N–H and O–H groups in total. The third kappa shape index (κ3) is 4.31. The number of rotatable bonds is 8. The molecule has 0 bridgehead atoms. The van der Waals surface area contributed by atoms with Crippen LogP contribution in [0.4, 0.5) is 5.69 Å². The number of ether oxygens (including phenoxy) is 3. The summed E-state index contributed by atoms with van der Waals surface area (Å²) >= 11 is 0. The number of benzene rings is 3. The smallest absolute Gasteiger partial charge is 0.122 e. The maximum Gasteiger partial charge on any atom is 0.122 e. The van der Waals surface area contributed by atoms with Crippen molar-refractivity contribution in [3.8, 4) is 17.2 Å². The SMILES string of the molecule is CCOc1ccc(C2Nc3ccc(OCCOc4ccccc4)cc3C3C=CCC32)cc1. The van der Waals surface area contributed by atoms with Crippen LogP contribution in [0.15, 0.2) is 84.9 Å². The van der Waals surface area contributed by atoms with E-state index >= 15 is 0 Å². The topological polar surface area (TPSA) is 39.7 Å². The van der Waals surface area contributed by atoms with E-state index in [1.807, 2.05) is 43.3 Å². The van der Waals surface area contributed by atoms with Crippen molar-refractivity contribution < 1.29 is 14.2 Å². The van der Waals surface area contributed by atoms with Crippen molar-refractivity contribution in [2.24, 2.45) is 5.92 Å². The van der Waals surface area contributed by atoms with Gasteiger partial charge < -0.3 is 19.5 Å². The molecule has 3 atom stereocenters. The molecular weight excluding hydrogens is 398 g/mol. The Morgan fingerprint density at radius 2 is 1.53 bits per heavy atom. The number of hydrogen-bond acceptors (Lipinski definition) is 4. The third-order valence-corrected chi connectivity index (χ3v) is 6.25. The fourth-order valence-electron chi connectivity index (χ4n) is 4.77. The molecule has 1 aliphatic heterocycles. The van der Waals surface area contributed by atoms with Crippen molar-refractivity contribution in [2.75, 3.05) is 25.1 Å². The monoisotopic (exact) mass is 427 g/mol. The largest absolute Gasteiger partial charge is 0.494 e. The normalized spacial score (nSPS) is 20.7. The molecule has 5 rings (SSSR count). The van der Waals surface area contributed by atoms with E-state index in [0.717, 1.165) is 23.7 Å². The van der Waals surface area contributed by atoms with Crippen LogP contribution in [-0.2, 0) is 0 Å². The average Bonchev–Trinajstić information content (AvgIpc) is 3.33. The van der Waals surface area contributed by atoms with Crippen LogP contribution in [0.5, 0.6) is 17.2 Å². The minimum absolute atomic E-state index is 0.282. The summed E-state index contributed by atoms with van der Waals surface area (Å²) in [7, 11) is 0. The summed E-state index contributed by atoms with van der Waals surface area (Å²) in [6.07, 6.45) is 5.74. The molecule has 32 heavy (non-hydrogen) atoms. The van der Waals surface area contributed by atoms with Crippen LogP contribution in [0, 0.1) is 5.92 Å². The first kappa shape index (κ1) is 20.5. The van der Waals surface area contributed by atoms with E-state index in [2.05, 4.69) is 53.9 Å². The van der Waals surface area contributed by atoms with E-state index in [-0.39, 0.29) is 6.04 Å². The maximum absolute atomic E-state index is 6.00. The molecule has 3 aromatic rings. The maximum atomic E-state index is 6.00. The molecule has 2 aliphatic rings. The summed E-state index contributed by atoms with van der Waals surface area (Å²) < 4.78 is 17.4. The summed E-state index contributed by atoms with van der Waals surface area (Å²) in [5, 5.41) is 3.79. The number of allylic oxidation sites excluding steroid dienone is 2. The third-order valence-electron chi connectivity index (χ3n) is 6.25. The molecule has 1 aliphatic carbocycles.